The number of hydrogen-bond donors (Lipinski definition) is 2. The summed E-state index contributed by atoms with van der Waals surface area (Å²) in [4.78, 5) is 2.89. The fourth-order valence-corrected chi connectivity index (χ4v) is 0.289. The van der Waals surface area contributed by atoms with Crippen LogP contribution in [0.15, 0.2) is 0 Å². The topological polar surface area (TPSA) is 26.0 Å². The molecule has 0 radical (unpaired) electrons. The van der Waals surface area contributed by atoms with E-state index in [9.17, 15) is 0 Å². The Bertz CT molecular complexity index is 79.0. The molecule has 8 heavy (non-hydrogen) atoms. The second-order valence-electron chi connectivity index (χ2n) is 2.83. The monoisotopic (exact) mass is 115 g/mol. The minimum atomic E-state index is 0.184. The van der Waals surface area contributed by atoms with Gasteiger partial charge < -0.3 is 0 Å². The molecule has 0 unspecified atom stereocenters. The fraction of sp³-hybridized carbons (Fsp3) is 0.833. The number of nitrogens with one attached hydrogen (secondary N) is 2. The van der Waals surface area contributed by atoms with Crippen molar-refractivity contribution in [1.82, 2.24) is 5.32 Å². The van der Waals surface area contributed by atoms with Gasteiger partial charge in [-0.05, 0) is 20.8 Å². The maximum atomic E-state index is 3.14. The van der Waals surface area contributed by atoms with Crippen LogP contribution in [0.1, 0.15) is 20.8 Å². The molecule has 0 saturated heterocycles. The third-order valence-electron chi connectivity index (χ3n) is 0.650. The average Bonchev–Trinajstić information content (AvgIpc) is 1.59. The Morgan fingerprint density at radius 2 is 1.88 bits per heavy atom. The van der Waals surface area contributed by atoms with Crippen LogP contribution in [0.3, 0.4) is 0 Å². The summed E-state index contributed by atoms with van der Waals surface area (Å²) < 4.78 is 0. The predicted octanol–water partition coefficient (Wildman–Crippen LogP) is -0.887. The van der Waals surface area contributed by atoms with Gasteiger partial charge in [-0.3, -0.25) is 10.3 Å². The first kappa shape index (κ1) is 7.47. The van der Waals surface area contributed by atoms with E-state index in [0.717, 1.165) is 0 Å². The fourth-order valence-electron chi connectivity index (χ4n) is 0.289. The summed E-state index contributed by atoms with van der Waals surface area (Å²) in [5, 5.41) is 3.14. The second kappa shape index (κ2) is 2.70. The predicted molar refractivity (Wildman–Crippen MR) is 35.8 cm³/mol. The lowest BCUT2D eigenvalue weighted by Crippen LogP contribution is -2.67. The molecular weight excluding hydrogens is 100 g/mol. The van der Waals surface area contributed by atoms with Crippen LogP contribution in [0.4, 0.5) is 0 Å². The van der Waals surface area contributed by atoms with Crippen molar-refractivity contribution >= 4 is 6.34 Å². The molecule has 0 aliphatic heterocycles. The van der Waals surface area contributed by atoms with Gasteiger partial charge in [-0.2, -0.15) is 0 Å². The Morgan fingerprint density at radius 3 is 2.00 bits per heavy atom. The van der Waals surface area contributed by atoms with E-state index in [0.29, 0.717) is 0 Å². The highest BCUT2D eigenvalue weighted by Gasteiger charge is 2.09. The molecule has 0 heterocycles. The molecule has 48 valence electrons. The lowest BCUT2D eigenvalue weighted by atomic mass is 10.1. The van der Waals surface area contributed by atoms with Crippen LogP contribution in [0.2, 0.25) is 0 Å². The highest BCUT2D eigenvalue weighted by atomic mass is 15.0. The van der Waals surface area contributed by atoms with Crippen LogP contribution < -0.4 is 10.3 Å². The van der Waals surface area contributed by atoms with Gasteiger partial charge >= 0.3 is 0 Å². The maximum Gasteiger partial charge on any atom is 0.229 e. The summed E-state index contributed by atoms with van der Waals surface area (Å²) >= 11 is 0. The van der Waals surface area contributed by atoms with Crippen molar-refractivity contribution < 1.29 is 4.99 Å². The number of rotatable bonds is 1. The SMILES string of the molecule is C[NH+]=CNC(C)(C)C. The molecule has 0 aliphatic carbocycles. The molecule has 0 aliphatic rings. The molecular formula is C6H15N2+. The zero-order chi connectivity index (χ0) is 6.62. The van der Waals surface area contributed by atoms with Crippen LogP contribution in [0, 0.1) is 0 Å². The molecule has 0 aromatic carbocycles. The van der Waals surface area contributed by atoms with Gasteiger partial charge in [0.25, 0.3) is 0 Å². The molecule has 0 saturated carbocycles. The summed E-state index contributed by atoms with van der Waals surface area (Å²) in [6, 6.07) is 0. The van der Waals surface area contributed by atoms with E-state index in [1.165, 1.54) is 0 Å². The lowest BCUT2D eigenvalue weighted by molar-refractivity contribution is -0.416. The zero-order valence-corrected chi connectivity index (χ0v) is 6.08. The van der Waals surface area contributed by atoms with Crippen LogP contribution in [0.25, 0.3) is 0 Å². The molecule has 2 N–H and O–H groups in total. The Hall–Kier alpha value is -0.530. The molecule has 0 fully saturated rings. The van der Waals surface area contributed by atoms with E-state index in [1.807, 2.05) is 13.4 Å². The van der Waals surface area contributed by atoms with E-state index in [-0.39, 0.29) is 5.54 Å². The molecule has 0 aromatic rings. The van der Waals surface area contributed by atoms with Gasteiger partial charge in [-0.15, -0.1) is 0 Å². The molecule has 2 nitrogen and oxygen atoms in total. The van der Waals surface area contributed by atoms with E-state index >= 15 is 0 Å². The van der Waals surface area contributed by atoms with Crippen LogP contribution >= 0.6 is 0 Å². The molecule has 0 spiro atoms. The zero-order valence-electron chi connectivity index (χ0n) is 6.08. The minimum absolute atomic E-state index is 0.184. The normalized spacial score (nSPS) is 12.5. The molecule has 0 atom stereocenters. The van der Waals surface area contributed by atoms with Gasteiger partial charge in [0.15, 0.2) is 0 Å². The summed E-state index contributed by atoms with van der Waals surface area (Å²) in [5.41, 5.74) is 0.184. The quantitative estimate of drug-likeness (QED) is 0.336. The Kier molecular flexibility index (Phi) is 2.52. The molecule has 0 amide bonds. The Morgan fingerprint density at radius 1 is 1.38 bits per heavy atom. The first-order valence-corrected chi connectivity index (χ1v) is 2.83. The third kappa shape index (κ3) is 5.47. The van der Waals surface area contributed by atoms with Crippen molar-refractivity contribution in [3.05, 3.63) is 0 Å². The van der Waals surface area contributed by atoms with Crippen molar-refractivity contribution in [3.63, 3.8) is 0 Å². The van der Waals surface area contributed by atoms with Gasteiger partial charge in [0.2, 0.25) is 6.34 Å². The first-order chi connectivity index (χ1) is 3.56. The van der Waals surface area contributed by atoms with Crippen LogP contribution in [-0.2, 0) is 0 Å². The van der Waals surface area contributed by atoms with Crippen molar-refractivity contribution in [2.24, 2.45) is 0 Å². The smallest absolute Gasteiger partial charge is 0.229 e. The van der Waals surface area contributed by atoms with Gasteiger partial charge in [0.05, 0.1) is 12.6 Å². The van der Waals surface area contributed by atoms with Gasteiger partial charge in [-0.1, -0.05) is 0 Å². The third-order valence-corrected chi connectivity index (χ3v) is 0.650. The first-order valence-electron chi connectivity index (χ1n) is 2.83. The second-order valence-corrected chi connectivity index (χ2v) is 2.83. The van der Waals surface area contributed by atoms with Gasteiger partial charge in [-0.25, -0.2) is 0 Å². The van der Waals surface area contributed by atoms with Crippen molar-refractivity contribution in [2.75, 3.05) is 7.05 Å². The standard InChI is InChI=1S/C6H14N2/c1-6(2,3)8-5-7-4/h5H,1-4H3,(H,7,8)/p+1. The summed E-state index contributed by atoms with van der Waals surface area (Å²) in [6.07, 6.45) is 1.83. The minimum Gasteiger partial charge on any atom is -0.284 e. The largest absolute Gasteiger partial charge is 0.284 e. The lowest BCUT2D eigenvalue weighted by Gasteiger charge is -2.10. The van der Waals surface area contributed by atoms with Crippen molar-refractivity contribution in [2.45, 2.75) is 26.3 Å². The molecule has 0 aromatic heterocycles. The summed E-state index contributed by atoms with van der Waals surface area (Å²) in [7, 11) is 1.87. The van der Waals surface area contributed by atoms with Gasteiger partial charge in [0.1, 0.15) is 0 Å². The van der Waals surface area contributed by atoms with Crippen molar-refractivity contribution in [1.29, 1.82) is 0 Å². The molecule has 0 rings (SSSR count). The van der Waals surface area contributed by atoms with E-state index < -0.39 is 0 Å². The van der Waals surface area contributed by atoms with Crippen LogP contribution in [0.5, 0.6) is 0 Å². The summed E-state index contributed by atoms with van der Waals surface area (Å²) in [5.74, 6) is 0. The Balaban J connectivity index is 3.39. The van der Waals surface area contributed by atoms with Crippen molar-refractivity contribution in [3.8, 4) is 0 Å². The maximum absolute atomic E-state index is 3.14. The van der Waals surface area contributed by atoms with Crippen LogP contribution in [-0.4, -0.2) is 18.9 Å². The highest BCUT2D eigenvalue weighted by molar-refractivity contribution is 5.47. The van der Waals surface area contributed by atoms with E-state index in [2.05, 4.69) is 31.1 Å². The van der Waals surface area contributed by atoms with E-state index in [1.54, 1.807) is 0 Å². The summed E-state index contributed by atoms with van der Waals surface area (Å²) in [6.45, 7) is 6.34. The average molecular weight is 115 g/mol. The van der Waals surface area contributed by atoms with Gasteiger partial charge in [0, 0.05) is 0 Å². The van der Waals surface area contributed by atoms with E-state index in [4.69, 9.17) is 0 Å². The molecule has 2 heteroatoms. The molecule has 0 bridgehead atoms. The highest BCUT2D eigenvalue weighted by Crippen LogP contribution is 1.94. The Labute approximate surface area is 51.0 Å². The number of hydrogen-bond acceptors (Lipinski definition) is 0.